The molecule has 2 aromatic rings. The monoisotopic (exact) mass is 421 g/mol. The summed E-state index contributed by atoms with van der Waals surface area (Å²) in [5.74, 6) is 0. The van der Waals surface area contributed by atoms with Crippen molar-refractivity contribution in [3.63, 3.8) is 0 Å². The van der Waals surface area contributed by atoms with Crippen molar-refractivity contribution in [2.24, 2.45) is 0 Å². The van der Waals surface area contributed by atoms with Crippen LogP contribution in [0.4, 0.5) is 26.3 Å². The average Bonchev–Trinajstić information content (AvgIpc) is 2.87. The van der Waals surface area contributed by atoms with E-state index in [1.807, 2.05) is 0 Å². The lowest BCUT2D eigenvalue weighted by molar-refractivity contribution is -0.137. The maximum Gasteiger partial charge on any atom is 0.578 e. The van der Waals surface area contributed by atoms with Crippen LogP contribution in [0.3, 0.4) is 0 Å². The average molecular weight is 422 g/mol. The molecule has 134 valence electrons. The molecule has 1 aromatic heterocycles. The molecule has 0 amide bonds. The van der Waals surface area contributed by atoms with Gasteiger partial charge in [-0.3, -0.25) is 0 Å². The number of nitriles is 1. The molecule has 1 heterocycles. The molecule has 0 aliphatic heterocycles. The van der Waals surface area contributed by atoms with E-state index in [9.17, 15) is 30.9 Å². The van der Waals surface area contributed by atoms with Gasteiger partial charge in [0.05, 0.1) is 27.5 Å². The molecule has 0 N–H and O–H groups in total. The fraction of sp³-hybridized carbons (Fsp3) is 0.167. The topological polar surface area (TPSA) is 64.7 Å². The Balaban J connectivity index is 2.58. The minimum absolute atomic E-state index is 0.245. The van der Waals surface area contributed by atoms with Gasteiger partial charge in [0, 0.05) is 0 Å². The van der Waals surface area contributed by atoms with Crippen LogP contribution in [0.15, 0.2) is 23.2 Å². The van der Waals surface area contributed by atoms with Crippen LogP contribution < -0.4 is 0 Å². The number of hydrogen-bond donors (Lipinski definition) is 0. The molecule has 25 heavy (non-hydrogen) atoms. The van der Waals surface area contributed by atoms with Gasteiger partial charge in [-0.15, -0.1) is 13.2 Å². The summed E-state index contributed by atoms with van der Waals surface area (Å²) < 4.78 is 88.1. The van der Waals surface area contributed by atoms with Gasteiger partial charge in [-0.25, -0.2) is 4.68 Å². The molecule has 0 saturated carbocycles. The summed E-state index contributed by atoms with van der Waals surface area (Å²) in [4.78, 5) is -0.942. The second kappa shape index (κ2) is 6.60. The van der Waals surface area contributed by atoms with Crippen molar-refractivity contribution in [3.05, 3.63) is 39.6 Å². The summed E-state index contributed by atoms with van der Waals surface area (Å²) in [6.45, 7) is 0. The van der Waals surface area contributed by atoms with Gasteiger partial charge in [0.15, 0.2) is 0 Å². The maximum atomic E-state index is 12.8. The SMILES string of the molecule is N#Cc1nn(-c2cc(Cl)c(C(F)(F)F)c(Cl)c2)cc1[S+]([O-])C(F)(F)F. The van der Waals surface area contributed by atoms with Gasteiger partial charge < -0.3 is 4.55 Å². The highest BCUT2D eigenvalue weighted by atomic mass is 35.5. The summed E-state index contributed by atoms with van der Waals surface area (Å²) in [7, 11) is 0. The normalized spacial score (nSPS) is 13.6. The molecule has 0 spiro atoms. The third-order valence-corrected chi connectivity index (χ3v) is 4.49. The highest BCUT2D eigenvalue weighted by Crippen LogP contribution is 2.41. The van der Waals surface area contributed by atoms with Crippen LogP contribution in [0.2, 0.25) is 10.0 Å². The molecule has 1 unspecified atom stereocenters. The van der Waals surface area contributed by atoms with Crippen molar-refractivity contribution in [2.45, 2.75) is 16.6 Å². The molecule has 1 atom stereocenters. The molecule has 0 radical (unpaired) electrons. The first-order valence-corrected chi connectivity index (χ1v) is 7.81. The lowest BCUT2D eigenvalue weighted by Crippen LogP contribution is -2.23. The van der Waals surface area contributed by atoms with Crippen LogP contribution >= 0.6 is 23.2 Å². The number of aromatic nitrogens is 2. The molecule has 0 fully saturated rings. The number of nitrogens with zero attached hydrogens (tertiary/aromatic N) is 3. The second-order valence-electron chi connectivity index (χ2n) is 4.39. The molecule has 0 aliphatic rings. The highest BCUT2D eigenvalue weighted by molar-refractivity contribution is 7.92. The molecule has 2 rings (SSSR count). The van der Waals surface area contributed by atoms with Crippen molar-refractivity contribution < 1.29 is 30.9 Å². The van der Waals surface area contributed by atoms with E-state index < -0.39 is 49.1 Å². The number of benzene rings is 1. The first-order chi connectivity index (χ1) is 11.4. The second-order valence-corrected chi connectivity index (χ2v) is 6.65. The highest BCUT2D eigenvalue weighted by Gasteiger charge is 2.48. The van der Waals surface area contributed by atoms with Crippen molar-refractivity contribution in [1.29, 1.82) is 5.26 Å². The Bertz CT molecular complexity index is 835. The van der Waals surface area contributed by atoms with Crippen LogP contribution in [0.1, 0.15) is 11.3 Å². The molecular weight excluding hydrogens is 419 g/mol. The molecule has 0 bridgehead atoms. The van der Waals surface area contributed by atoms with Crippen molar-refractivity contribution in [1.82, 2.24) is 9.78 Å². The van der Waals surface area contributed by atoms with E-state index in [1.54, 1.807) is 0 Å². The van der Waals surface area contributed by atoms with Gasteiger partial charge in [-0.2, -0.15) is 23.5 Å². The number of halogens is 8. The molecule has 13 heteroatoms. The van der Waals surface area contributed by atoms with Gasteiger partial charge in [0.25, 0.3) is 0 Å². The van der Waals surface area contributed by atoms with Crippen LogP contribution in [0.5, 0.6) is 0 Å². The number of alkyl halides is 6. The Morgan fingerprint density at radius 1 is 1.12 bits per heavy atom. The predicted molar refractivity (Wildman–Crippen MR) is 75.8 cm³/mol. The van der Waals surface area contributed by atoms with E-state index in [-0.39, 0.29) is 5.69 Å². The molecular formula is C12H3Cl2F6N3OS. The van der Waals surface area contributed by atoms with Crippen LogP contribution in [0, 0.1) is 11.3 Å². The van der Waals surface area contributed by atoms with Crippen LogP contribution in [-0.4, -0.2) is 19.8 Å². The molecule has 0 aliphatic carbocycles. The third-order valence-electron chi connectivity index (χ3n) is 2.77. The van der Waals surface area contributed by atoms with Gasteiger partial charge in [0.2, 0.25) is 10.6 Å². The lowest BCUT2D eigenvalue weighted by Gasteiger charge is -2.12. The summed E-state index contributed by atoms with van der Waals surface area (Å²) in [5, 5.41) is 10.7. The van der Waals surface area contributed by atoms with Crippen molar-refractivity contribution in [2.75, 3.05) is 0 Å². The third kappa shape index (κ3) is 3.98. The minimum atomic E-state index is -5.14. The van der Waals surface area contributed by atoms with Crippen LogP contribution in [-0.2, 0) is 17.4 Å². The summed E-state index contributed by atoms with van der Waals surface area (Å²) in [6, 6.07) is 2.84. The van der Waals surface area contributed by atoms with E-state index >= 15 is 0 Å². The maximum absolute atomic E-state index is 12.8. The summed E-state index contributed by atoms with van der Waals surface area (Å²) in [5.41, 5.74) is -7.52. The first-order valence-electron chi connectivity index (χ1n) is 5.91. The zero-order chi connectivity index (χ0) is 19.2. The predicted octanol–water partition coefficient (Wildman–Crippen LogP) is 4.70. The smallest absolute Gasteiger partial charge is 0.578 e. The quantitative estimate of drug-likeness (QED) is 0.521. The zero-order valence-electron chi connectivity index (χ0n) is 11.4. The van der Waals surface area contributed by atoms with Crippen LogP contribution in [0.25, 0.3) is 5.69 Å². The Kier molecular flexibility index (Phi) is 5.21. The van der Waals surface area contributed by atoms with Crippen molar-refractivity contribution in [3.8, 4) is 11.8 Å². The Labute approximate surface area is 148 Å². The Hall–Kier alpha value is -1.61. The van der Waals surface area contributed by atoms with E-state index in [1.165, 1.54) is 6.07 Å². The molecule has 0 saturated heterocycles. The standard InChI is InChI=1S/C12H3Cl2F6N3OS/c13-6-1-5(2-7(14)10(6)11(15,16)17)23-4-9(8(3-21)22-23)25(24)12(18,19)20/h1-2,4H. The van der Waals surface area contributed by atoms with E-state index in [2.05, 4.69) is 5.10 Å². The number of hydrogen-bond acceptors (Lipinski definition) is 3. The van der Waals surface area contributed by atoms with Gasteiger partial charge >= 0.3 is 11.7 Å². The summed E-state index contributed by atoms with van der Waals surface area (Å²) >= 11 is 7.52. The van der Waals surface area contributed by atoms with E-state index in [0.717, 1.165) is 12.1 Å². The van der Waals surface area contributed by atoms with E-state index in [0.29, 0.717) is 10.9 Å². The van der Waals surface area contributed by atoms with Crippen molar-refractivity contribution >= 4 is 34.4 Å². The summed E-state index contributed by atoms with van der Waals surface area (Å²) in [6.07, 6.45) is -4.24. The first kappa shape index (κ1) is 19.7. The Morgan fingerprint density at radius 2 is 1.64 bits per heavy atom. The fourth-order valence-corrected chi connectivity index (χ4v) is 3.19. The number of rotatable bonds is 2. The zero-order valence-corrected chi connectivity index (χ0v) is 13.7. The van der Waals surface area contributed by atoms with Gasteiger partial charge in [0.1, 0.15) is 17.2 Å². The largest absolute Gasteiger partial charge is 0.604 e. The Morgan fingerprint density at radius 3 is 2.04 bits per heavy atom. The van der Waals surface area contributed by atoms with E-state index in [4.69, 9.17) is 28.5 Å². The molecule has 1 aromatic carbocycles. The minimum Gasteiger partial charge on any atom is -0.604 e. The van der Waals surface area contributed by atoms with Gasteiger partial charge in [-0.1, -0.05) is 23.2 Å². The molecule has 4 nitrogen and oxygen atoms in total. The van der Waals surface area contributed by atoms with Gasteiger partial charge in [-0.05, 0) is 12.1 Å². The lowest BCUT2D eigenvalue weighted by atomic mass is 10.2. The fourth-order valence-electron chi connectivity index (χ4n) is 1.79.